The monoisotopic (exact) mass is 470 g/mol. The molecule has 0 saturated carbocycles. The Bertz CT molecular complexity index is 1520. The van der Waals surface area contributed by atoms with Crippen LogP contribution in [0.25, 0.3) is 11.3 Å². The highest BCUT2D eigenvalue weighted by Gasteiger charge is 2.20. The van der Waals surface area contributed by atoms with Crippen molar-refractivity contribution < 1.29 is 13.9 Å². The van der Waals surface area contributed by atoms with Crippen LogP contribution in [0.15, 0.2) is 82.2 Å². The van der Waals surface area contributed by atoms with Crippen LogP contribution in [-0.4, -0.2) is 22.9 Å². The number of thiazole rings is 1. The van der Waals surface area contributed by atoms with Gasteiger partial charge in [-0.3, -0.25) is 4.79 Å². The van der Waals surface area contributed by atoms with Crippen molar-refractivity contribution in [2.75, 3.05) is 11.9 Å². The average Bonchev–Trinajstić information content (AvgIpc) is 3.44. The summed E-state index contributed by atoms with van der Waals surface area (Å²) in [5.74, 6) is 0.148. The van der Waals surface area contributed by atoms with Crippen LogP contribution in [0, 0.1) is 5.82 Å². The maximum Gasteiger partial charge on any atom is 0.262 e. The van der Waals surface area contributed by atoms with Gasteiger partial charge in [-0.15, -0.1) is 11.3 Å². The minimum absolute atomic E-state index is 0.0125. The van der Waals surface area contributed by atoms with Gasteiger partial charge in [-0.2, -0.15) is 5.10 Å². The minimum atomic E-state index is -0.306. The number of benzene rings is 3. The molecule has 6 rings (SSSR count). The molecule has 34 heavy (non-hydrogen) atoms. The van der Waals surface area contributed by atoms with Crippen LogP contribution in [0.2, 0.25) is 0 Å². The molecule has 0 saturated heterocycles. The first kappa shape index (κ1) is 20.6. The standard InChI is InChI=1S/C26H19FN4O2S/c27-18-7-9-19(10-8-18)28-26-31(30-21-11-5-16-3-1-2-4-20(16)21)23(15-34-26)17-6-12-24-22(13-17)29-25(32)14-33-24/h1-4,6-10,12-13,15H,5,11,14H2,(H,29,32). The van der Waals surface area contributed by atoms with Crippen LogP contribution in [-0.2, 0) is 11.2 Å². The van der Waals surface area contributed by atoms with Gasteiger partial charge < -0.3 is 10.1 Å². The van der Waals surface area contributed by atoms with E-state index < -0.39 is 0 Å². The Morgan fingerprint density at radius 1 is 1.03 bits per heavy atom. The smallest absolute Gasteiger partial charge is 0.262 e. The van der Waals surface area contributed by atoms with Gasteiger partial charge in [-0.1, -0.05) is 24.3 Å². The Hall–Kier alpha value is -4.04. The zero-order chi connectivity index (χ0) is 23.1. The third-order valence-corrected chi connectivity index (χ3v) is 6.64. The molecule has 0 atom stereocenters. The molecule has 0 bridgehead atoms. The molecule has 0 unspecified atom stereocenters. The van der Waals surface area contributed by atoms with Gasteiger partial charge in [0.15, 0.2) is 6.61 Å². The molecular weight excluding hydrogens is 451 g/mol. The number of aryl methyl sites for hydroxylation is 1. The number of hydrogen-bond donors (Lipinski definition) is 1. The third-order valence-electron chi connectivity index (χ3n) is 5.83. The van der Waals surface area contributed by atoms with Crippen LogP contribution in [0.1, 0.15) is 17.5 Å². The van der Waals surface area contributed by atoms with Gasteiger partial charge in [-0.05, 0) is 60.9 Å². The second-order valence-corrected chi connectivity index (χ2v) is 8.89. The van der Waals surface area contributed by atoms with E-state index in [9.17, 15) is 9.18 Å². The van der Waals surface area contributed by atoms with Crippen LogP contribution >= 0.6 is 11.3 Å². The van der Waals surface area contributed by atoms with Crippen LogP contribution < -0.4 is 14.9 Å². The summed E-state index contributed by atoms with van der Waals surface area (Å²) in [7, 11) is 0. The van der Waals surface area contributed by atoms with E-state index in [1.807, 2.05) is 40.4 Å². The summed E-state index contributed by atoms with van der Waals surface area (Å²) in [5, 5.41) is 9.88. The number of nitrogens with zero attached hydrogens (tertiary/aromatic N) is 3. The fraction of sp³-hybridized carbons (Fsp3) is 0.115. The van der Waals surface area contributed by atoms with E-state index in [1.54, 1.807) is 12.1 Å². The number of rotatable bonds is 3. The maximum atomic E-state index is 13.4. The normalized spacial score (nSPS) is 16.2. The number of halogens is 1. The van der Waals surface area contributed by atoms with E-state index in [0.717, 1.165) is 35.4 Å². The van der Waals surface area contributed by atoms with Crippen molar-refractivity contribution >= 4 is 34.3 Å². The van der Waals surface area contributed by atoms with E-state index in [1.165, 1.54) is 29.0 Å². The zero-order valence-corrected chi connectivity index (χ0v) is 18.8. The molecule has 0 spiro atoms. The summed E-state index contributed by atoms with van der Waals surface area (Å²) in [4.78, 5) is 17.2. The van der Waals surface area contributed by atoms with Gasteiger partial charge in [-0.25, -0.2) is 14.1 Å². The quantitative estimate of drug-likeness (QED) is 0.452. The highest BCUT2D eigenvalue weighted by molar-refractivity contribution is 7.07. The predicted molar refractivity (Wildman–Crippen MR) is 130 cm³/mol. The topological polar surface area (TPSA) is 68.0 Å². The van der Waals surface area contributed by atoms with Crippen molar-refractivity contribution in [3.63, 3.8) is 0 Å². The Kier molecular flexibility index (Phi) is 5.07. The van der Waals surface area contributed by atoms with Crippen molar-refractivity contribution in [2.24, 2.45) is 10.1 Å². The number of amides is 1. The molecule has 1 aliphatic carbocycles. The molecule has 2 heterocycles. The summed E-state index contributed by atoms with van der Waals surface area (Å²) < 4.78 is 20.7. The Morgan fingerprint density at radius 2 is 1.88 bits per heavy atom. The van der Waals surface area contributed by atoms with Gasteiger partial charge in [0.1, 0.15) is 11.6 Å². The molecule has 4 aromatic rings. The molecule has 2 aliphatic rings. The summed E-state index contributed by atoms with van der Waals surface area (Å²) in [5.41, 5.74) is 6.40. The first-order chi connectivity index (χ1) is 16.6. The van der Waals surface area contributed by atoms with Crippen molar-refractivity contribution in [1.29, 1.82) is 0 Å². The number of ether oxygens (including phenoxy) is 1. The van der Waals surface area contributed by atoms with Gasteiger partial charge in [0, 0.05) is 16.5 Å². The van der Waals surface area contributed by atoms with Crippen molar-refractivity contribution in [3.8, 4) is 17.0 Å². The second kappa shape index (κ2) is 8.39. The maximum absolute atomic E-state index is 13.4. The summed E-state index contributed by atoms with van der Waals surface area (Å²) in [6.07, 6.45) is 1.79. The highest BCUT2D eigenvalue weighted by Crippen LogP contribution is 2.33. The highest BCUT2D eigenvalue weighted by atomic mass is 32.1. The minimum Gasteiger partial charge on any atom is -0.482 e. The molecule has 1 aromatic heterocycles. The van der Waals surface area contributed by atoms with Crippen molar-refractivity contribution in [3.05, 3.63) is 93.9 Å². The number of hydrogen-bond acceptors (Lipinski definition) is 5. The number of anilines is 1. The van der Waals surface area contributed by atoms with E-state index >= 15 is 0 Å². The fourth-order valence-corrected chi connectivity index (χ4v) is 5.02. The van der Waals surface area contributed by atoms with E-state index in [4.69, 9.17) is 14.8 Å². The van der Waals surface area contributed by atoms with Crippen LogP contribution in [0.5, 0.6) is 5.75 Å². The number of fused-ring (bicyclic) bond motifs is 2. The van der Waals surface area contributed by atoms with E-state index in [0.29, 0.717) is 21.9 Å². The lowest BCUT2D eigenvalue weighted by Gasteiger charge is -2.18. The largest absolute Gasteiger partial charge is 0.482 e. The lowest BCUT2D eigenvalue weighted by molar-refractivity contribution is -0.118. The lowest BCUT2D eigenvalue weighted by atomic mass is 10.1. The Morgan fingerprint density at radius 3 is 2.76 bits per heavy atom. The molecule has 0 radical (unpaired) electrons. The third kappa shape index (κ3) is 3.82. The van der Waals surface area contributed by atoms with Gasteiger partial charge in [0.05, 0.1) is 22.8 Å². The number of aromatic nitrogens is 1. The van der Waals surface area contributed by atoms with Gasteiger partial charge in [0.2, 0.25) is 4.80 Å². The summed E-state index contributed by atoms with van der Waals surface area (Å²) in [6.45, 7) is 0.0125. The zero-order valence-electron chi connectivity index (χ0n) is 18.0. The van der Waals surface area contributed by atoms with Crippen LogP contribution in [0.3, 0.4) is 0 Å². The van der Waals surface area contributed by atoms with E-state index in [2.05, 4.69) is 17.4 Å². The molecule has 6 nitrogen and oxygen atoms in total. The molecule has 0 fully saturated rings. The van der Waals surface area contributed by atoms with Gasteiger partial charge in [0.25, 0.3) is 5.91 Å². The molecule has 3 aromatic carbocycles. The number of carbonyl (C=O) groups excluding carboxylic acids is 1. The van der Waals surface area contributed by atoms with Crippen LogP contribution in [0.4, 0.5) is 15.8 Å². The molecule has 1 amide bonds. The first-order valence-corrected chi connectivity index (χ1v) is 11.8. The molecule has 8 heteroatoms. The molecule has 1 aliphatic heterocycles. The lowest BCUT2D eigenvalue weighted by Crippen LogP contribution is -2.25. The molecule has 1 N–H and O–H groups in total. The number of carbonyl (C=O) groups is 1. The predicted octanol–water partition coefficient (Wildman–Crippen LogP) is 5.12. The van der Waals surface area contributed by atoms with Crippen molar-refractivity contribution in [2.45, 2.75) is 12.8 Å². The SMILES string of the molecule is O=C1COc2ccc(-c3csc(=Nc4ccc(F)cc4)n3N=C3CCc4ccccc43)cc2N1. The number of nitrogens with one attached hydrogen (secondary N) is 1. The Balaban J connectivity index is 1.51. The first-order valence-electron chi connectivity index (χ1n) is 10.9. The fourth-order valence-electron chi connectivity index (χ4n) is 4.17. The van der Waals surface area contributed by atoms with E-state index in [-0.39, 0.29) is 18.3 Å². The Labute approximate surface area is 198 Å². The molecular formula is C26H19FN4O2S. The summed E-state index contributed by atoms with van der Waals surface area (Å²) >= 11 is 1.45. The van der Waals surface area contributed by atoms with Gasteiger partial charge >= 0.3 is 0 Å². The van der Waals surface area contributed by atoms with Crippen molar-refractivity contribution in [1.82, 2.24) is 4.68 Å². The molecule has 168 valence electrons. The second-order valence-electron chi connectivity index (χ2n) is 8.06. The average molecular weight is 471 g/mol. The summed E-state index contributed by atoms with van der Waals surface area (Å²) in [6, 6.07) is 20.0.